The third-order valence-corrected chi connectivity index (χ3v) is 4.19. The predicted molar refractivity (Wildman–Crippen MR) is 91.2 cm³/mol. The van der Waals surface area contributed by atoms with E-state index in [1.54, 1.807) is 6.20 Å². The third kappa shape index (κ3) is 2.65. The van der Waals surface area contributed by atoms with Gasteiger partial charge in [0.15, 0.2) is 5.78 Å². The van der Waals surface area contributed by atoms with Crippen LogP contribution in [0.15, 0.2) is 34.5 Å². The number of aromatic amines is 1. The highest BCUT2D eigenvalue weighted by molar-refractivity contribution is 6.12. The number of carbonyl (C=O) groups is 1. The Labute approximate surface area is 131 Å². The summed E-state index contributed by atoms with van der Waals surface area (Å²) in [6.07, 6.45) is 8.19. The first-order chi connectivity index (χ1) is 10.4. The fraction of sp³-hybridized carbons (Fsp3) is 0.444. The Bertz CT molecular complexity index is 711. The van der Waals surface area contributed by atoms with Crippen molar-refractivity contribution in [3.05, 3.63) is 35.1 Å². The first-order valence-electron chi connectivity index (χ1n) is 7.80. The van der Waals surface area contributed by atoms with Gasteiger partial charge < -0.3 is 10.3 Å². The molecule has 4 heteroatoms. The maximum absolute atomic E-state index is 12.6. The average molecular weight is 297 g/mol. The summed E-state index contributed by atoms with van der Waals surface area (Å²) < 4.78 is 0. The molecule has 1 aliphatic heterocycles. The lowest BCUT2D eigenvalue weighted by Gasteiger charge is -2.21. The number of nitrogens with one attached hydrogen (secondary N) is 2. The van der Waals surface area contributed by atoms with Gasteiger partial charge in [-0.2, -0.15) is 0 Å². The second-order valence-electron chi connectivity index (χ2n) is 7.12. The summed E-state index contributed by atoms with van der Waals surface area (Å²) in [7, 11) is 0. The molecule has 0 bridgehead atoms. The monoisotopic (exact) mass is 297 g/mol. The van der Waals surface area contributed by atoms with E-state index in [1.165, 1.54) is 11.1 Å². The number of carbonyl (C=O) groups excluding carboxylic acids is 1. The summed E-state index contributed by atoms with van der Waals surface area (Å²) >= 11 is 0. The number of aromatic nitrogens is 1. The van der Waals surface area contributed by atoms with E-state index in [-0.39, 0.29) is 5.78 Å². The normalized spacial score (nSPS) is 17.9. The van der Waals surface area contributed by atoms with Crippen molar-refractivity contribution in [2.24, 2.45) is 10.4 Å². The summed E-state index contributed by atoms with van der Waals surface area (Å²) in [5.74, 6) is 0.963. The van der Waals surface area contributed by atoms with Crippen molar-refractivity contribution in [1.29, 1.82) is 0 Å². The quantitative estimate of drug-likeness (QED) is 0.794. The Morgan fingerprint density at radius 1 is 1.23 bits per heavy atom. The maximum atomic E-state index is 12.6. The highest BCUT2D eigenvalue weighted by Gasteiger charge is 2.29. The van der Waals surface area contributed by atoms with Crippen molar-refractivity contribution in [3.63, 3.8) is 0 Å². The second-order valence-corrected chi connectivity index (χ2v) is 7.12. The SMILES string of the molecule is CC1=CC=C(C2=Nc3c(C(=O)C(C)(C)C)c[nH]c3NC2)CC1. The summed E-state index contributed by atoms with van der Waals surface area (Å²) in [6.45, 7) is 8.67. The highest BCUT2D eigenvalue weighted by atomic mass is 16.1. The van der Waals surface area contributed by atoms with Crippen LogP contribution in [0.1, 0.15) is 50.9 Å². The van der Waals surface area contributed by atoms with Gasteiger partial charge in [0.05, 0.1) is 17.8 Å². The molecule has 2 heterocycles. The number of aliphatic imine (C=N–C) groups is 1. The van der Waals surface area contributed by atoms with Gasteiger partial charge >= 0.3 is 0 Å². The van der Waals surface area contributed by atoms with Gasteiger partial charge in [-0.05, 0) is 25.3 Å². The maximum Gasteiger partial charge on any atom is 0.171 e. The van der Waals surface area contributed by atoms with Crippen molar-refractivity contribution < 1.29 is 4.79 Å². The van der Waals surface area contributed by atoms with E-state index in [2.05, 4.69) is 29.4 Å². The van der Waals surface area contributed by atoms with Crippen molar-refractivity contribution in [1.82, 2.24) is 4.98 Å². The molecule has 0 unspecified atom stereocenters. The van der Waals surface area contributed by atoms with Gasteiger partial charge in [0, 0.05) is 11.6 Å². The Hall–Kier alpha value is -2.10. The molecule has 0 saturated heterocycles. The zero-order chi connectivity index (χ0) is 15.9. The average Bonchev–Trinajstić information content (AvgIpc) is 2.89. The largest absolute Gasteiger partial charge is 0.364 e. The molecular weight excluding hydrogens is 274 g/mol. The van der Waals surface area contributed by atoms with Gasteiger partial charge in [0.1, 0.15) is 11.5 Å². The number of H-pyrrole nitrogens is 1. The van der Waals surface area contributed by atoms with E-state index in [0.717, 1.165) is 30.1 Å². The molecule has 0 spiro atoms. The number of ketones is 1. The standard InChI is InChI=1S/C18H23N3O/c1-11-5-7-12(8-6-11)14-10-20-17-15(21-14)13(9-19-17)16(22)18(2,3)4/h5,7,9,19-20H,6,8,10H2,1-4H3. The van der Waals surface area contributed by atoms with Crippen LogP contribution in [0.4, 0.5) is 11.5 Å². The second kappa shape index (κ2) is 5.27. The topological polar surface area (TPSA) is 57.2 Å². The molecule has 2 aliphatic rings. The number of anilines is 1. The fourth-order valence-electron chi connectivity index (χ4n) is 2.76. The molecular formula is C18H23N3O. The number of Topliss-reactive ketones (excluding diaryl/α,β-unsaturated/α-hetero) is 1. The number of hydrogen-bond donors (Lipinski definition) is 2. The lowest BCUT2D eigenvalue weighted by molar-refractivity contribution is 0.0859. The fourth-order valence-corrected chi connectivity index (χ4v) is 2.76. The Kier molecular flexibility index (Phi) is 3.55. The van der Waals surface area contributed by atoms with Crippen LogP contribution in [0, 0.1) is 5.41 Å². The van der Waals surface area contributed by atoms with Crippen LogP contribution in [-0.4, -0.2) is 23.0 Å². The van der Waals surface area contributed by atoms with Crippen molar-refractivity contribution in [3.8, 4) is 0 Å². The van der Waals surface area contributed by atoms with E-state index < -0.39 is 5.41 Å². The predicted octanol–water partition coefficient (Wildman–Crippen LogP) is 4.41. The number of rotatable bonds is 2. The molecule has 0 atom stereocenters. The molecule has 0 amide bonds. The lowest BCUT2D eigenvalue weighted by Crippen LogP contribution is -2.22. The molecule has 3 rings (SSSR count). The Balaban J connectivity index is 1.98. The van der Waals surface area contributed by atoms with Crippen LogP contribution in [0.2, 0.25) is 0 Å². The highest BCUT2D eigenvalue weighted by Crippen LogP contribution is 2.36. The van der Waals surface area contributed by atoms with Crippen LogP contribution < -0.4 is 5.32 Å². The summed E-state index contributed by atoms with van der Waals surface area (Å²) in [5.41, 5.74) is 4.73. The van der Waals surface area contributed by atoms with Crippen molar-refractivity contribution >= 4 is 23.0 Å². The molecule has 0 radical (unpaired) electrons. The number of fused-ring (bicyclic) bond motifs is 1. The van der Waals surface area contributed by atoms with Crippen LogP contribution in [-0.2, 0) is 0 Å². The van der Waals surface area contributed by atoms with Gasteiger partial charge in [-0.3, -0.25) is 4.79 Å². The minimum Gasteiger partial charge on any atom is -0.364 e. The van der Waals surface area contributed by atoms with Gasteiger partial charge in [0.2, 0.25) is 0 Å². The van der Waals surface area contributed by atoms with Crippen LogP contribution in [0.25, 0.3) is 0 Å². The third-order valence-electron chi connectivity index (χ3n) is 4.19. The lowest BCUT2D eigenvalue weighted by atomic mass is 9.87. The van der Waals surface area contributed by atoms with E-state index >= 15 is 0 Å². The van der Waals surface area contributed by atoms with Gasteiger partial charge in [-0.15, -0.1) is 0 Å². The van der Waals surface area contributed by atoms with Crippen LogP contribution >= 0.6 is 0 Å². The Morgan fingerprint density at radius 3 is 2.64 bits per heavy atom. The number of nitrogens with zero attached hydrogens (tertiary/aromatic N) is 1. The molecule has 1 aromatic heterocycles. The molecule has 116 valence electrons. The molecule has 1 aliphatic carbocycles. The molecule has 0 aromatic carbocycles. The summed E-state index contributed by atoms with van der Waals surface area (Å²) in [5, 5.41) is 3.35. The molecule has 2 N–H and O–H groups in total. The Morgan fingerprint density at radius 2 is 2.00 bits per heavy atom. The van der Waals surface area contributed by atoms with E-state index in [4.69, 9.17) is 4.99 Å². The molecule has 1 aromatic rings. The van der Waals surface area contributed by atoms with Crippen LogP contribution in [0.3, 0.4) is 0 Å². The minimum absolute atomic E-state index is 0.116. The van der Waals surface area contributed by atoms with Gasteiger partial charge in [-0.25, -0.2) is 4.99 Å². The molecule has 22 heavy (non-hydrogen) atoms. The zero-order valence-corrected chi connectivity index (χ0v) is 13.7. The minimum atomic E-state index is -0.410. The van der Waals surface area contributed by atoms with E-state index in [0.29, 0.717) is 12.1 Å². The van der Waals surface area contributed by atoms with Crippen molar-refractivity contribution in [2.75, 3.05) is 11.9 Å². The first-order valence-corrected chi connectivity index (χ1v) is 7.80. The molecule has 0 fully saturated rings. The summed E-state index contributed by atoms with van der Waals surface area (Å²) in [6, 6.07) is 0. The number of allylic oxidation sites excluding steroid dienone is 3. The van der Waals surface area contributed by atoms with Crippen LogP contribution in [0.5, 0.6) is 0 Å². The first kappa shape index (κ1) is 14.8. The van der Waals surface area contributed by atoms with Gasteiger partial charge in [-0.1, -0.05) is 38.5 Å². The zero-order valence-electron chi connectivity index (χ0n) is 13.7. The number of hydrogen-bond acceptors (Lipinski definition) is 3. The van der Waals surface area contributed by atoms with Gasteiger partial charge in [0.25, 0.3) is 0 Å². The summed E-state index contributed by atoms with van der Waals surface area (Å²) in [4.78, 5) is 20.5. The van der Waals surface area contributed by atoms with E-state index in [1.807, 2.05) is 20.8 Å². The van der Waals surface area contributed by atoms with E-state index in [9.17, 15) is 4.79 Å². The molecule has 4 nitrogen and oxygen atoms in total. The smallest absolute Gasteiger partial charge is 0.171 e. The molecule has 0 saturated carbocycles. The van der Waals surface area contributed by atoms with Crippen molar-refractivity contribution in [2.45, 2.75) is 40.5 Å².